The van der Waals surface area contributed by atoms with Gasteiger partial charge in [0.1, 0.15) is 13.2 Å². The molecule has 0 bridgehead atoms. The number of nitrogens with one attached hydrogen (secondary N) is 1. The molecule has 0 radical (unpaired) electrons. The lowest BCUT2D eigenvalue weighted by molar-refractivity contribution is -0.132. The summed E-state index contributed by atoms with van der Waals surface area (Å²) in [6, 6.07) is 6.39. The van der Waals surface area contributed by atoms with E-state index in [-0.39, 0.29) is 23.9 Å². The van der Waals surface area contributed by atoms with Gasteiger partial charge in [0.05, 0.1) is 10.8 Å². The number of halogens is 1. The van der Waals surface area contributed by atoms with Gasteiger partial charge in [-0.25, -0.2) is 9.07 Å². The number of fused-ring (bicyclic) bond motifs is 1. The Kier molecular flexibility index (Phi) is 4.52. The van der Waals surface area contributed by atoms with Crippen molar-refractivity contribution in [3.05, 3.63) is 45.0 Å². The molecular formula is C14H16FN3O3. The molecule has 0 atom stereocenters. The molecule has 0 spiro atoms. The minimum Gasteiger partial charge on any atom is -0.339 e. The van der Waals surface area contributed by atoms with Crippen molar-refractivity contribution in [3.63, 3.8) is 0 Å². The number of benzene rings is 1. The first-order chi connectivity index (χ1) is 10.1. The van der Waals surface area contributed by atoms with Crippen LogP contribution in [0.5, 0.6) is 0 Å². The maximum Gasteiger partial charge on any atom is 0.273 e. The smallest absolute Gasteiger partial charge is 0.273 e. The predicted molar refractivity (Wildman–Crippen MR) is 77.1 cm³/mol. The zero-order valence-corrected chi connectivity index (χ0v) is 11.6. The van der Waals surface area contributed by atoms with E-state index in [1.165, 1.54) is 11.0 Å². The summed E-state index contributed by atoms with van der Waals surface area (Å²) in [5.41, 5.74) is -0.888. The highest BCUT2D eigenvalue weighted by Gasteiger charge is 2.14. The lowest BCUT2D eigenvalue weighted by Crippen LogP contribution is -2.40. The van der Waals surface area contributed by atoms with E-state index in [0.717, 1.165) is 4.68 Å². The fourth-order valence-corrected chi connectivity index (χ4v) is 2.15. The molecule has 0 aliphatic heterocycles. The molecule has 2 rings (SSSR count). The van der Waals surface area contributed by atoms with Crippen LogP contribution in [-0.4, -0.2) is 40.4 Å². The first-order valence-electron chi connectivity index (χ1n) is 6.64. The van der Waals surface area contributed by atoms with Gasteiger partial charge in [-0.15, -0.1) is 0 Å². The molecule has 2 aromatic rings. The Bertz CT molecular complexity index is 766. The Hall–Kier alpha value is -2.44. The van der Waals surface area contributed by atoms with Crippen molar-refractivity contribution in [2.45, 2.75) is 13.5 Å². The number of alkyl halides is 1. The molecule has 21 heavy (non-hydrogen) atoms. The van der Waals surface area contributed by atoms with Crippen LogP contribution in [0.3, 0.4) is 0 Å². The van der Waals surface area contributed by atoms with E-state index >= 15 is 0 Å². The molecule has 6 nitrogen and oxygen atoms in total. The second-order valence-electron chi connectivity index (χ2n) is 4.54. The van der Waals surface area contributed by atoms with Crippen LogP contribution >= 0.6 is 0 Å². The third kappa shape index (κ3) is 3.01. The standard InChI is InChI=1S/C14H16FN3O3/c1-2-17(8-7-15)12(19)9-18-14(21)11-6-4-3-5-10(11)13(20)16-18/h3-6H,2,7-9H2,1H3,(H,16,20). The van der Waals surface area contributed by atoms with Crippen molar-refractivity contribution in [1.82, 2.24) is 14.7 Å². The van der Waals surface area contributed by atoms with Gasteiger partial charge in [-0.3, -0.25) is 19.5 Å². The number of rotatable bonds is 5. The molecule has 0 aliphatic rings. The number of likely N-dealkylation sites (N-methyl/N-ethyl adjacent to an activating group) is 1. The van der Waals surface area contributed by atoms with Gasteiger partial charge in [-0.1, -0.05) is 12.1 Å². The van der Waals surface area contributed by atoms with Gasteiger partial charge in [0, 0.05) is 13.1 Å². The highest BCUT2D eigenvalue weighted by Crippen LogP contribution is 2.02. The van der Waals surface area contributed by atoms with Crippen LogP contribution in [-0.2, 0) is 11.3 Å². The van der Waals surface area contributed by atoms with Crippen molar-refractivity contribution in [1.29, 1.82) is 0 Å². The molecule has 1 amide bonds. The lowest BCUT2D eigenvalue weighted by Gasteiger charge is -2.19. The third-order valence-corrected chi connectivity index (χ3v) is 3.27. The number of carbonyl (C=O) groups excluding carboxylic acids is 1. The van der Waals surface area contributed by atoms with E-state index in [0.29, 0.717) is 6.54 Å². The Morgan fingerprint density at radius 3 is 2.57 bits per heavy atom. The average Bonchev–Trinajstić information content (AvgIpc) is 2.50. The zero-order valence-electron chi connectivity index (χ0n) is 11.6. The van der Waals surface area contributed by atoms with Gasteiger partial charge in [-0.2, -0.15) is 0 Å². The molecule has 0 fully saturated rings. The summed E-state index contributed by atoms with van der Waals surface area (Å²) >= 11 is 0. The fraction of sp³-hybridized carbons (Fsp3) is 0.357. The minimum absolute atomic E-state index is 0.0259. The summed E-state index contributed by atoms with van der Waals surface area (Å²) in [4.78, 5) is 37.4. The molecule has 1 aromatic carbocycles. The van der Waals surface area contributed by atoms with Crippen LogP contribution in [0, 0.1) is 0 Å². The predicted octanol–water partition coefficient (Wildman–Crippen LogP) is 0.508. The molecule has 0 saturated carbocycles. The average molecular weight is 293 g/mol. The van der Waals surface area contributed by atoms with Crippen molar-refractivity contribution in [3.8, 4) is 0 Å². The number of aromatic nitrogens is 2. The summed E-state index contributed by atoms with van der Waals surface area (Å²) in [7, 11) is 0. The molecule has 0 aliphatic carbocycles. The topological polar surface area (TPSA) is 75.2 Å². The Morgan fingerprint density at radius 1 is 1.29 bits per heavy atom. The third-order valence-electron chi connectivity index (χ3n) is 3.27. The normalized spacial score (nSPS) is 10.8. The van der Waals surface area contributed by atoms with Crippen LogP contribution in [0.1, 0.15) is 6.92 Å². The van der Waals surface area contributed by atoms with Crippen LogP contribution in [0.2, 0.25) is 0 Å². The molecule has 1 heterocycles. The number of carbonyl (C=O) groups is 1. The van der Waals surface area contributed by atoms with Gasteiger partial charge < -0.3 is 4.90 Å². The number of hydrogen-bond acceptors (Lipinski definition) is 3. The quantitative estimate of drug-likeness (QED) is 0.872. The molecule has 0 unspecified atom stereocenters. The van der Waals surface area contributed by atoms with Crippen LogP contribution in [0.15, 0.2) is 33.9 Å². The van der Waals surface area contributed by atoms with E-state index < -0.39 is 23.7 Å². The van der Waals surface area contributed by atoms with Crippen LogP contribution in [0.4, 0.5) is 4.39 Å². The summed E-state index contributed by atoms with van der Waals surface area (Å²) in [5, 5.41) is 2.91. The molecule has 0 saturated heterocycles. The molecule has 112 valence electrons. The van der Waals surface area contributed by atoms with E-state index in [1.807, 2.05) is 0 Å². The summed E-state index contributed by atoms with van der Waals surface area (Å²) in [6.07, 6.45) is 0. The molecule has 1 N–H and O–H groups in total. The van der Waals surface area contributed by atoms with Crippen molar-refractivity contribution < 1.29 is 9.18 Å². The van der Waals surface area contributed by atoms with E-state index in [1.54, 1.807) is 25.1 Å². The summed E-state index contributed by atoms with van der Waals surface area (Å²) in [5.74, 6) is -0.414. The Labute approximate surface area is 119 Å². The Morgan fingerprint density at radius 2 is 1.95 bits per heavy atom. The lowest BCUT2D eigenvalue weighted by atomic mass is 10.2. The van der Waals surface area contributed by atoms with Crippen molar-refractivity contribution >= 4 is 16.7 Å². The summed E-state index contributed by atoms with van der Waals surface area (Å²) < 4.78 is 13.3. The SMILES string of the molecule is CCN(CCF)C(=O)Cn1[nH]c(=O)c2ccccc2c1=O. The zero-order chi connectivity index (χ0) is 15.4. The fourth-order valence-electron chi connectivity index (χ4n) is 2.15. The van der Waals surface area contributed by atoms with Crippen LogP contribution < -0.4 is 11.1 Å². The van der Waals surface area contributed by atoms with E-state index in [9.17, 15) is 18.8 Å². The Balaban J connectivity index is 2.40. The van der Waals surface area contributed by atoms with Crippen molar-refractivity contribution in [2.75, 3.05) is 19.8 Å². The minimum atomic E-state index is -0.650. The molecular weight excluding hydrogens is 277 g/mol. The number of H-pyrrole nitrogens is 1. The highest BCUT2D eigenvalue weighted by molar-refractivity contribution is 5.81. The molecule has 7 heteroatoms. The van der Waals surface area contributed by atoms with Gasteiger partial charge >= 0.3 is 0 Å². The van der Waals surface area contributed by atoms with Gasteiger partial charge in [-0.05, 0) is 19.1 Å². The first-order valence-corrected chi connectivity index (χ1v) is 6.64. The monoisotopic (exact) mass is 293 g/mol. The van der Waals surface area contributed by atoms with E-state index in [4.69, 9.17) is 0 Å². The molecule has 1 aromatic heterocycles. The number of amides is 1. The highest BCUT2D eigenvalue weighted by atomic mass is 19.1. The summed E-state index contributed by atoms with van der Waals surface area (Å²) in [6.45, 7) is 1.08. The van der Waals surface area contributed by atoms with Gasteiger partial charge in [0.2, 0.25) is 5.91 Å². The number of hydrogen-bond donors (Lipinski definition) is 1. The van der Waals surface area contributed by atoms with Crippen molar-refractivity contribution in [2.24, 2.45) is 0 Å². The largest absolute Gasteiger partial charge is 0.339 e. The van der Waals surface area contributed by atoms with Crippen LogP contribution in [0.25, 0.3) is 10.8 Å². The second kappa shape index (κ2) is 6.34. The second-order valence-corrected chi connectivity index (χ2v) is 4.54. The maximum absolute atomic E-state index is 12.4. The maximum atomic E-state index is 12.4. The number of aromatic amines is 1. The van der Waals surface area contributed by atoms with Gasteiger partial charge in [0.25, 0.3) is 11.1 Å². The first kappa shape index (κ1) is 15.0. The van der Waals surface area contributed by atoms with E-state index in [2.05, 4.69) is 5.10 Å². The number of nitrogens with zero attached hydrogens (tertiary/aromatic N) is 2. The van der Waals surface area contributed by atoms with Gasteiger partial charge in [0.15, 0.2) is 0 Å².